The van der Waals surface area contributed by atoms with Gasteiger partial charge in [-0.15, -0.1) is 0 Å². The molecule has 4 heteroatoms. The molecule has 104 valence electrons. The summed E-state index contributed by atoms with van der Waals surface area (Å²) in [6, 6.07) is 5.60. The van der Waals surface area contributed by atoms with Crippen LogP contribution in [-0.2, 0) is 4.74 Å². The molecule has 2 bridgehead atoms. The summed E-state index contributed by atoms with van der Waals surface area (Å²) in [5.74, 6) is 1.54. The summed E-state index contributed by atoms with van der Waals surface area (Å²) in [7, 11) is 3.21. The number of ether oxygens (including phenoxy) is 3. The highest BCUT2D eigenvalue weighted by molar-refractivity contribution is 5.43. The van der Waals surface area contributed by atoms with E-state index in [1.165, 1.54) is 0 Å². The zero-order valence-corrected chi connectivity index (χ0v) is 11.3. The van der Waals surface area contributed by atoms with E-state index in [0.717, 1.165) is 24.8 Å². The molecule has 4 unspecified atom stereocenters. The molecule has 0 saturated carbocycles. The largest absolute Gasteiger partial charge is 0.493 e. The van der Waals surface area contributed by atoms with Gasteiger partial charge >= 0.3 is 0 Å². The zero-order valence-electron chi connectivity index (χ0n) is 11.3. The van der Waals surface area contributed by atoms with Crippen LogP contribution in [-0.4, -0.2) is 31.5 Å². The fourth-order valence-corrected chi connectivity index (χ4v) is 3.29. The predicted octanol–water partition coefficient (Wildman–Crippen LogP) is 2.30. The van der Waals surface area contributed by atoms with Crippen molar-refractivity contribution in [2.24, 2.45) is 5.92 Å². The molecular formula is C15H20O4. The molecular weight excluding hydrogens is 244 g/mol. The Morgan fingerprint density at radius 3 is 2.58 bits per heavy atom. The van der Waals surface area contributed by atoms with Gasteiger partial charge in [0.25, 0.3) is 0 Å². The quantitative estimate of drug-likeness (QED) is 0.906. The zero-order chi connectivity index (χ0) is 13.4. The maximum atomic E-state index is 10.5. The van der Waals surface area contributed by atoms with Gasteiger partial charge in [-0.1, -0.05) is 6.07 Å². The number of fused-ring (bicyclic) bond motifs is 2. The Balaban J connectivity index is 1.81. The summed E-state index contributed by atoms with van der Waals surface area (Å²) in [6.45, 7) is 0. The number of rotatable bonds is 4. The van der Waals surface area contributed by atoms with E-state index in [4.69, 9.17) is 14.2 Å². The lowest BCUT2D eigenvalue weighted by atomic mass is 9.82. The van der Waals surface area contributed by atoms with Gasteiger partial charge in [0.1, 0.15) is 0 Å². The molecule has 1 aromatic carbocycles. The van der Waals surface area contributed by atoms with E-state index in [1.54, 1.807) is 14.2 Å². The van der Waals surface area contributed by atoms with E-state index in [0.29, 0.717) is 17.6 Å². The van der Waals surface area contributed by atoms with Crippen LogP contribution in [0.15, 0.2) is 18.2 Å². The van der Waals surface area contributed by atoms with E-state index >= 15 is 0 Å². The Hall–Kier alpha value is -1.26. The van der Waals surface area contributed by atoms with Crippen molar-refractivity contribution in [1.29, 1.82) is 0 Å². The molecule has 4 atom stereocenters. The summed E-state index contributed by atoms with van der Waals surface area (Å²) in [5.41, 5.74) is 0.874. The number of methoxy groups -OCH3 is 2. The molecule has 0 aromatic heterocycles. The summed E-state index contributed by atoms with van der Waals surface area (Å²) < 4.78 is 16.3. The van der Waals surface area contributed by atoms with Crippen LogP contribution in [0.4, 0.5) is 0 Å². The van der Waals surface area contributed by atoms with Crippen LogP contribution in [0.1, 0.15) is 30.9 Å². The standard InChI is InChI=1S/C15H20O4/c1-17-13-5-3-9(7-14(13)18-2)15(16)11-8-10-4-6-12(11)19-10/h3,5,7,10-12,15-16H,4,6,8H2,1-2H3. The van der Waals surface area contributed by atoms with Gasteiger partial charge in [0.05, 0.1) is 32.5 Å². The van der Waals surface area contributed by atoms with Crippen LogP contribution in [0.25, 0.3) is 0 Å². The molecule has 4 nitrogen and oxygen atoms in total. The second-order valence-corrected chi connectivity index (χ2v) is 5.33. The lowest BCUT2D eigenvalue weighted by Crippen LogP contribution is -2.23. The van der Waals surface area contributed by atoms with Crippen LogP contribution in [0.5, 0.6) is 11.5 Å². The molecule has 2 saturated heterocycles. The minimum absolute atomic E-state index is 0.205. The van der Waals surface area contributed by atoms with E-state index in [2.05, 4.69) is 0 Å². The molecule has 19 heavy (non-hydrogen) atoms. The van der Waals surface area contributed by atoms with Gasteiger partial charge in [-0.2, -0.15) is 0 Å². The second kappa shape index (κ2) is 5.02. The third-order valence-corrected chi connectivity index (χ3v) is 4.31. The third kappa shape index (κ3) is 2.19. The number of hydrogen-bond acceptors (Lipinski definition) is 4. The Bertz CT molecular complexity index is 459. The molecule has 0 aliphatic carbocycles. The molecule has 0 spiro atoms. The first kappa shape index (κ1) is 12.8. The minimum atomic E-state index is -0.491. The smallest absolute Gasteiger partial charge is 0.161 e. The molecule has 0 amide bonds. The van der Waals surface area contributed by atoms with Crippen molar-refractivity contribution < 1.29 is 19.3 Å². The van der Waals surface area contributed by atoms with Gasteiger partial charge in [-0.05, 0) is 37.0 Å². The first-order chi connectivity index (χ1) is 9.22. The molecule has 1 N–H and O–H groups in total. The Morgan fingerprint density at radius 2 is 2.00 bits per heavy atom. The average molecular weight is 264 g/mol. The minimum Gasteiger partial charge on any atom is -0.493 e. The SMILES string of the molecule is COc1ccc(C(O)C2CC3CCC2O3)cc1OC. The number of aliphatic hydroxyl groups excluding tert-OH is 1. The van der Waals surface area contributed by atoms with Crippen LogP contribution >= 0.6 is 0 Å². The third-order valence-electron chi connectivity index (χ3n) is 4.31. The fraction of sp³-hybridized carbons (Fsp3) is 0.600. The summed E-state index contributed by atoms with van der Waals surface area (Å²) >= 11 is 0. The van der Waals surface area contributed by atoms with Crippen molar-refractivity contribution in [3.8, 4) is 11.5 Å². The van der Waals surface area contributed by atoms with Crippen LogP contribution < -0.4 is 9.47 Å². The van der Waals surface area contributed by atoms with Gasteiger partial charge in [-0.3, -0.25) is 0 Å². The van der Waals surface area contributed by atoms with Crippen molar-refractivity contribution in [3.63, 3.8) is 0 Å². The Labute approximate surface area is 113 Å². The van der Waals surface area contributed by atoms with Gasteiger partial charge < -0.3 is 19.3 Å². The number of benzene rings is 1. The molecule has 2 heterocycles. The first-order valence-corrected chi connectivity index (χ1v) is 6.78. The van der Waals surface area contributed by atoms with E-state index in [1.807, 2.05) is 18.2 Å². The summed E-state index contributed by atoms with van der Waals surface area (Å²) in [6.07, 6.45) is 3.24. The summed E-state index contributed by atoms with van der Waals surface area (Å²) in [5, 5.41) is 10.5. The van der Waals surface area contributed by atoms with Gasteiger partial charge in [0.15, 0.2) is 11.5 Å². The Kier molecular flexibility index (Phi) is 3.37. The van der Waals surface area contributed by atoms with Gasteiger partial charge in [0.2, 0.25) is 0 Å². The topological polar surface area (TPSA) is 47.9 Å². The number of aliphatic hydroxyl groups is 1. The van der Waals surface area contributed by atoms with Crippen molar-refractivity contribution in [2.75, 3.05) is 14.2 Å². The maximum absolute atomic E-state index is 10.5. The average Bonchev–Trinajstić information content (AvgIpc) is 3.08. The van der Waals surface area contributed by atoms with Crippen molar-refractivity contribution >= 4 is 0 Å². The molecule has 1 aromatic rings. The van der Waals surface area contributed by atoms with E-state index in [9.17, 15) is 5.11 Å². The summed E-state index contributed by atoms with van der Waals surface area (Å²) in [4.78, 5) is 0. The molecule has 3 rings (SSSR count). The van der Waals surface area contributed by atoms with Crippen LogP contribution in [0.2, 0.25) is 0 Å². The monoisotopic (exact) mass is 264 g/mol. The number of hydrogen-bond donors (Lipinski definition) is 1. The van der Waals surface area contributed by atoms with E-state index in [-0.39, 0.29) is 12.0 Å². The lowest BCUT2D eigenvalue weighted by molar-refractivity contribution is 0.0421. The maximum Gasteiger partial charge on any atom is 0.161 e. The van der Waals surface area contributed by atoms with Crippen molar-refractivity contribution in [2.45, 2.75) is 37.6 Å². The van der Waals surface area contributed by atoms with Crippen LogP contribution in [0, 0.1) is 5.92 Å². The lowest BCUT2D eigenvalue weighted by Gasteiger charge is -2.25. The predicted molar refractivity (Wildman–Crippen MR) is 70.5 cm³/mol. The fourth-order valence-electron chi connectivity index (χ4n) is 3.29. The Morgan fingerprint density at radius 1 is 1.21 bits per heavy atom. The molecule has 0 radical (unpaired) electrons. The highest BCUT2D eigenvalue weighted by Crippen LogP contribution is 2.45. The molecule has 2 aliphatic heterocycles. The van der Waals surface area contributed by atoms with E-state index < -0.39 is 6.10 Å². The highest BCUT2D eigenvalue weighted by Gasteiger charge is 2.44. The normalized spacial score (nSPS) is 30.4. The van der Waals surface area contributed by atoms with Crippen LogP contribution in [0.3, 0.4) is 0 Å². The molecule has 2 fully saturated rings. The first-order valence-electron chi connectivity index (χ1n) is 6.78. The van der Waals surface area contributed by atoms with Crippen molar-refractivity contribution in [3.05, 3.63) is 23.8 Å². The highest BCUT2D eigenvalue weighted by atomic mass is 16.5. The van der Waals surface area contributed by atoms with Gasteiger partial charge in [0, 0.05) is 5.92 Å². The van der Waals surface area contributed by atoms with Gasteiger partial charge in [-0.25, -0.2) is 0 Å². The van der Waals surface area contributed by atoms with Crippen molar-refractivity contribution in [1.82, 2.24) is 0 Å². The second-order valence-electron chi connectivity index (χ2n) is 5.33. The molecule has 2 aliphatic rings.